The first kappa shape index (κ1) is 20.1. The van der Waals surface area contributed by atoms with Crippen LogP contribution >= 0.6 is 11.3 Å². The molecule has 0 saturated carbocycles. The molecule has 4 rings (SSSR count). The molecule has 0 bridgehead atoms. The lowest BCUT2D eigenvalue weighted by molar-refractivity contribution is -0.147. The summed E-state index contributed by atoms with van der Waals surface area (Å²) in [5.41, 5.74) is 8.46. The van der Waals surface area contributed by atoms with Crippen molar-refractivity contribution in [2.75, 3.05) is 11.9 Å². The molecule has 0 unspecified atom stereocenters. The minimum absolute atomic E-state index is 0.0501. The van der Waals surface area contributed by atoms with Crippen LogP contribution in [0.2, 0.25) is 0 Å². The summed E-state index contributed by atoms with van der Waals surface area (Å²) >= 11 is 1.38. The lowest BCUT2D eigenvalue weighted by atomic mass is 9.88. The number of para-hydroxylation sites is 2. The molecule has 0 fully saturated rings. The molecule has 2 heterocycles. The van der Waals surface area contributed by atoms with Gasteiger partial charge in [-0.3, -0.25) is 14.4 Å². The molecule has 2 amide bonds. The van der Waals surface area contributed by atoms with E-state index in [0.717, 1.165) is 40.7 Å². The molecule has 0 saturated heterocycles. The molecule has 8 nitrogen and oxygen atoms in total. The largest absolute Gasteiger partial charge is 0.454 e. The van der Waals surface area contributed by atoms with Crippen LogP contribution < -0.4 is 11.1 Å². The smallest absolute Gasteiger partial charge is 0.326 e. The van der Waals surface area contributed by atoms with Gasteiger partial charge in [-0.05, 0) is 42.9 Å². The molecule has 156 valence electrons. The van der Waals surface area contributed by atoms with Gasteiger partial charge in [0.25, 0.3) is 11.8 Å². The van der Waals surface area contributed by atoms with Crippen LogP contribution in [0.1, 0.15) is 34.1 Å². The van der Waals surface area contributed by atoms with Crippen molar-refractivity contribution in [2.45, 2.75) is 32.7 Å². The zero-order valence-electron chi connectivity index (χ0n) is 16.5. The third-order valence-corrected chi connectivity index (χ3v) is 6.37. The van der Waals surface area contributed by atoms with E-state index in [1.807, 2.05) is 24.3 Å². The van der Waals surface area contributed by atoms with Crippen molar-refractivity contribution in [1.82, 2.24) is 9.55 Å². The van der Waals surface area contributed by atoms with E-state index in [2.05, 4.69) is 17.2 Å². The van der Waals surface area contributed by atoms with Crippen molar-refractivity contribution in [3.8, 4) is 0 Å². The number of amides is 2. The average molecular weight is 426 g/mol. The molecule has 0 spiro atoms. The van der Waals surface area contributed by atoms with Gasteiger partial charge in [-0.1, -0.05) is 19.1 Å². The van der Waals surface area contributed by atoms with Crippen LogP contribution in [0, 0.1) is 5.92 Å². The number of hydrogen-bond donors (Lipinski definition) is 2. The summed E-state index contributed by atoms with van der Waals surface area (Å²) in [7, 11) is 0. The zero-order chi connectivity index (χ0) is 21.3. The van der Waals surface area contributed by atoms with Crippen LogP contribution in [-0.2, 0) is 33.7 Å². The fourth-order valence-corrected chi connectivity index (χ4v) is 5.16. The van der Waals surface area contributed by atoms with Gasteiger partial charge in [-0.15, -0.1) is 11.3 Å². The van der Waals surface area contributed by atoms with Gasteiger partial charge in [0.2, 0.25) is 0 Å². The van der Waals surface area contributed by atoms with Gasteiger partial charge in [0.1, 0.15) is 11.5 Å². The minimum Gasteiger partial charge on any atom is -0.454 e. The Bertz CT molecular complexity index is 1130. The van der Waals surface area contributed by atoms with E-state index < -0.39 is 24.4 Å². The molecule has 2 aromatic heterocycles. The van der Waals surface area contributed by atoms with Crippen LogP contribution in [0.3, 0.4) is 0 Å². The second kappa shape index (κ2) is 8.27. The van der Waals surface area contributed by atoms with Crippen molar-refractivity contribution >= 4 is 45.2 Å². The van der Waals surface area contributed by atoms with Gasteiger partial charge in [-0.2, -0.15) is 0 Å². The van der Waals surface area contributed by atoms with Gasteiger partial charge < -0.3 is 20.4 Å². The standard InChI is InChI=1S/C21H22N4O4S/c1-12-6-7-13-16(8-12)30-21(19(13)20(22)28)24-17(26)10-29-18(27)9-25-11-23-14-4-2-3-5-15(14)25/h2-5,11-12H,6-10H2,1H3,(H2,22,28)(H,24,26)/t12-/m1/s1. The van der Waals surface area contributed by atoms with E-state index in [1.165, 1.54) is 11.3 Å². The molecule has 1 aliphatic rings. The Hall–Kier alpha value is -3.20. The number of hydrogen-bond acceptors (Lipinski definition) is 6. The normalized spacial score (nSPS) is 15.6. The predicted molar refractivity (Wildman–Crippen MR) is 113 cm³/mol. The lowest BCUT2D eigenvalue weighted by Gasteiger charge is -2.18. The van der Waals surface area contributed by atoms with Gasteiger partial charge >= 0.3 is 5.97 Å². The lowest BCUT2D eigenvalue weighted by Crippen LogP contribution is -2.24. The first-order valence-corrected chi connectivity index (χ1v) is 10.5. The third kappa shape index (κ3) is 4.06. The Kier molecular flexibility index (Phi) is 5.54. The highest BCUT2D eigenvalue weighted by Crippen LogP contribution is 2.39. The quantitative estimate of drug-likeness (QED) is 0.588. The maximum Gasteiger partial charge on any atom is 0.326 e. The minimum atomic E-state index is -0.554. The van der Waals surface area contributed by atoms with E-state index >= 15 is 0 Å². The molecule has 3 aromatic rings. The summed E-state index contributed by atoms with van der Waals surface area (Å²) < 4.78 is 6.77. The van der Waals surface area contributed by atoms with Crippen LogP contribution in [0.25, 0.3) is 11.0 Å². The van der Waals surface area contributed by atoms with Crippen LogP contribution in [0.5, 0.6) is 0 Å². The monoisotopic (exact) mass is 426 g/mol. The number of aromatic nitrogens is 2. The number of esters is 1. The van der Waals surface area contributed by atoms with Crippen molar-refractivity contribution < 1.29 is 19.1 Å². The molecular formula is C21H22N4O4S. The Labute approximate surface area is 177 Å². The Morgan fingerprint density at radius 2 is 2.13 bits per heavy atom. The second-order valence-electron chi connectivity index (χ2n) is 7.49. The molecular weight excluding hydrogens is 404 g/mol. The Morgan fingerprint density at radius 1 is 1.33 bits per heavy atom. The first-order valence-electron chi connectivity index (χ1n) is 9.72. The Balaban J connectivity index is 1.38. The average Bonchev–Trinajstić information content (AvgIpc) is 3.27. The maximum atomic E-state index is 12.3. The van der Waals surface area contributed by atoms with Crippen molar-refractivity contribution in [3.05, 3.63) is 46.6 Å². The molecule has 30 heavy (non-hydrogen) atoms. The summed E-state index contributed by atoms with van der Waals surface area (Å²) in [4.78, 5) is 41.7. The molecule has 1 aromatic carbocycles. The summed E-state index contributed by atoms with van der Waals surface area (Å²) in [5, 5.41) is 3.12. The number of rotatable bonds is 6. The number of primary amides is 1. The third-order valence-electron chi connectivity index (χ3n) is 5.20. The number of nitrogens with one attached hydrogen (secondary N) is 1. The van der Waals surface area contributed by atoms with Gasteiger partial charge in [0.05, 0.1) is 22.9 Å². The van der Waals surface area contributed by atoms with Crippen molar-refractivity contribution in [2.24, 2.45) is 11.7 Å². The van der Waals surface area contributed by atoms with Gasteiger partial charge in [0, 0.05) is 4.88 Å². The predicted octanol–water partition coefficient (Wildman–Crippen LogP) is 2.50. The number of benzene rings is 1. The van der Waals surface area contributed by atoms with Crippen LogP contribution in [0.15, 0.2) is 30.6 Å². The number of carbonyl (C=O) groups excluding carboxylic acids is 3. The number of imidazole rings is 1. The highest BCUT2D eigenvalue weighted by atomic mass is 32.1. The zero-order valence-corrected chi connectivity index (χ0v) is 17.3. The van der Waals surface area contributed by atoms with E-state index in [-0.39, 0.29) is 6.54 Å². The first-order chi connectivity index (χ1) is 14.4. The van der Waals surface area contributed by atoms with Crippen LogP contribution in [0.4, 0.5) is 5.00 Å². The fraction of sp³-hybridized carbons (Fsp3) is 0.333. The van der Waals surface area contributed by atoms with Gasteiger partial charge in [-0.25, -0.2) is 4.98 Å². The van der Waals surface area contributed by atoms with E-state index in [0.29, 0.717) is 16.5 Å². The number of anilines is 1. The molecule has 9 heteroatoms. The summed E-state index contributed by atoms with van der Waals surface area (Å²) in [5.74, 6) is -1.09. The molecule has 3 N–H and O–H groups in total. The topological polar surface area (TPSA) is 116 Å². The summed E-state index contributed by atoms with van der Waals surface area (Å²) in [6, 6.07) is 7.43. The number of fused-ring (bicyclic) bond motifs is 2. The highest BCUT2D eigenvalue weighted by molar-refractivity contribution is 7.17. The molecule has 0 aliphatic heterocycles. The number of carbonyl (C=O) groups is 3. The number of thiophene rings is 1. The number of ether oxygens (including phenoxy) is 1. The highest BCUT2D eigenvalue weighted by Gasteiger charge is 2.27. The maximum absolute atomic E-state index is 12.3. The van der Waals surface area contributed by atoms with E-state index in [4.69, 9.17) is 10.5 Å². The van der Waals surface area contributed by atoms with E-state index in [1.54, 1.807) is 10.9 Å². The molecule has 1 aliphatic carbocycles. The number of nitrogens with two attached hydrogens (primary N) is 1. The van der Waals surface area contributed by atoms with Crippen molar-refractivity contribution in [1.29, 1.82) is 0 Å². The SMILES string of the molecule is C[C@@H]1CCc2c(sc(NC(=O)COC(=O)Cn3cnc4ccccc43)c2C(N)=O)C1. The van der Waals surface area contributed by atoms with E-state index in [9.17, 15) is 14.4 Å². The number of nitrogens with zero attached hydrogens (tertiary/aromatic N) is 2. The Morgan fingerprint density at radius 3 is 2.93 bits per heavy atom. The van der Waals surface area contributed by atoms with Crippen LogP contribution in [-0.4, -0.2) is 33.9 Å². The molecule has 0 radical (unpaired) electrons. The second-order valence-corrected chi connectivity index (χ2v) is 8.60. The van der Waals surface area contributed by atoms with Crippen molar-refractivity contribution in [3.63, 3.8) is 0 Å². The fourth-order valence-electron chi connectivity index (χ4n) is 3.73. The van der Waals surface area contributed by atoms with Gasteiger partial charge in [0.15, 0.2) is 6.61 Å². The molecule has 1 atom stereocenters. The summed E-state index contributed by atoms with van der Waals surface area (Å²) in [6.45, 7) is 1.67. The summed E-state index contributed by atoms with van der Waals surface area (Å²) in [6.07, 6.45) is 4.18.